The van der Waals surface area contributed by atoms with Gasteiger partial charge >= 0.3 is 0 Å². The Labute approximate surface area is 166 Å². The molecule has 0 fully saturated rings. The summed E-state index contributed by atoms with van der Waals surface area (Å²) in [6.45, 7) is 2.29. The summed E-state index contributed by atoms with van der Waals surface area (Å²) < 4.78 is 13.2. The van der Waals surface area contributed by atoms with Gasteiger partial charge in [0.15, 0.2) is 0 Å². The number of aryl methyl sites for hydroxylation is 1. The minimum absolute atomic E-state index is 0.242. The molecule has 7 nitrogen and oxygen atoms in total. The van der Waals surface area contributed by atoms with Gasteiger partial charge in [0.25, 0.3) is 5.56 Å². The normalized spacial score (nSPS) is 11.4. The number of aromatic nitrogens is 4. The van der Waals surface area contributed by atoms with Crippen LogP contribution in [-0.4, -0.2) is 34.2 Å². The van der Waals surface area contributed by atoms with E-state index in [0.717, 1.165) is 25.9 Å². The highest BCUT2D eigenvalue weighted by Gasteiger charge is 2.20. The van der Waals surface area contributed by atoms with Gasteiger partial charge in [-0.15, -0.1) is 16.4 Å². The molecule has 0 atom stereocenters. The second kappa shape index (κ2) is 6.99. The number of pyridine rings is 1. The predicted octanol–water partition coefficient (Wildman–Crippen LogP) is 3.62. The van der Waals surface area contributed by atoms with Gasteiger partial charge in [-0.1, -0.05) is 11.3 Å². The number of benzene rings is 1. The second-order valence-electron chi connectivity index (χ2n) is 5.89. The van der Waals surface area contributed by atoms with E-state index in [1.807, 2.05) is 6.92 Å². The van der Waals surface area contributed by atoms with Crippen LogP contribution in [0.25, 0.3) is 26.1 Å². The van der Waals surface area contributed by atoms with E-state index in [4.69, 9.17) is 9.47 Å². The number of hydrogen-bond acceptors (Lipinski definition) is 7. The summed E-state index contributed by atoms with van der Waals surface area (Å²) in [6, 6.07) is 7.13. The first-order valence-electron chi connectivity index (χ1n) is 8.05. The first kappa shape index (κ1) is 18.0. The molecule has 0 N–H and O–H groups in total. The Morgan fingerprint density at radius 3 is 2.85 bits per heavy atom. The van der Waals surface area contributed by atoms with E-state index in [9.17, 15) is 4.79 Å². The highest BCUT2D eigenvalue weighted by atomic mass is 79.9. The van der Waals surface area contributed by atoms with Crippen LogP contribution in [-0.2, 0) is 11.3 Å². The van der Waals surface area contributed by atoms with Crippen molar-refractivity contribution in [3.05, 3.63) is 50.3 Å². The van der Waals surface area contributed by atoms with Crippen molar-refractivity contribution >= 4 is 47.7 Å². The predicted molar refractivity (Wildman–Crippen MR) is 108 cm³/mol. The molecule has 3 heterocycles. The van der Waals surface area contributed by atoms with E-state index in [2.05, 4.69) is 31.2 Å². The van der Waals surface area contributed by atoms with E-state index < -0.39 is 0 Å². The molecule has 0 bridgehead atoms. The van der Waals surface area contributed by atoms with Crippen LogP contribution in [0.4, 0.5) is 0 Å². The summed E-state index contributed by atoms with van der Waals surface area (Å²) in [7, 11) is 3.20. The maximum Gasteiger partial charge on any atom is 0.292 e. The lowest BCUT2D eigenvalue weighted by Gasteiger charge is -2.08. The highest BCUT2D eigenvalue weighted by molar-refractivity contribution is 9.10. The largest absolute Gasteiger partial charge is 0.497 e. The van der Waals surface area contributed by atoms with Gasteiger partial charge in [-0.3, -0.25) is 4.79 Å². The zero-order chi connectivity index (χ0) is 19.1. The van der Waals surface area contributed by atoms with Crippen LogP contribution in [0, 0.1) is 6.92 Å². The fraction of sp³-hybridized carbons (Fsp3) is 0.222. The third kappa shape index (κ3) is 2.91. The number of fused-ring (bicyclic) bond motifs is 3. The zero-order valence-electron chi connectivity index (χ0n) is 14.8. The van der Waals surface area contributed by atoms with E-state index >= 15 is 0 Å². The molecule has 0 saturated carbocycles. The Morgan fingerprint density at radius 1 is 1.30 bits per heavy atom. The van der Waals surface area contributed by atoms with E-state index in [0.29, 0.717) is 28.3 Å². The summed E-state index contributed by atoms with van der Waals surface area (Å²) >= 11 is 4.89. The van der Waals surface area contributed by atoms with Gasteiger partial charge in [0.1, 0.15) is 20.8 Å². The van der Waals surface area contributed by atoms with Gasteiger partial charge in [-0.25, -0.2) is 4.98 Å². The fourth-order valence-electron chi connectivity index (χ4n) is 2.95. The zero-order valence-corrected chi connectivity index (χ0v) is 17.2. The van der Waals surface area contributed by atoms with Crippen molar-refractivity contribution in [1.82, 2.24) is 20.0 Å². The molecule has 0 saturated heterocycles. The lowest BCUT2D eigenvalue weighted by molar-refractivity contribution is 0.185. The molecule has 0 radical (unpaired) electrons. The van der Waals surface area contributed by atoms with Crippen LogP contribution in [0.1, 0.15) is 11.3 Å². The van der Waals surface area contributed by atoms with Gasteiger partial charge < -0.3 is 9.47 Å². The summed E-state index contributed by atoms with van der Waals surface area (Å²) in [5, 5.41) is 9.29. The summed E-state index contributed by atoms with van der Waals surface area (Å²) in [5.74, 6) is 0.640. The molecule has 138 valence electrons. The number of rotatable bonds is 4. The minimum atomic E-state index is -0.242. The maximum absolute atomic E-state index is 13.1. The maximum atomic E-state index is 13.1. The van der Waals surface area contributed by atoms with Crippen molar-refractivity contribution in [3.8, 4) is 11.4 Å². The van der Waals surface area contributed by atoms with Crippen molar-refractivity contribution < 1.29 is 9.47 Å². The summed E-state index contributed by atoms with van der Waals surface area (Å²) in [6.07, 6.45) is 0. The number of thiophene rings is 1. The molecular weight excluding hydrogens is 432 g/mol. The van der Waals surface area contributed by atoms with Crippen LogP contribution in [0.3, 0.4) is 0 Å². The van der Waals surface area contributed by atoms with Crippen LogP contribution in [0.2, 0.25) is 0 Å². The number of nitrogens with zero attached hydrogens (tertiary/aromatic N) is 4. The van der Waals surface area contributed by atoms with Crippen molar-refractivity contribution in [2.24, 2.45) is 0 Å². The highest BCUT2D eigenvalue weighted by Crippen LogP contribution is 2.36. The van der Waals surface area contributed by atoms with Crippen molar-refractivity contribution in [2.75, 3.05) is 14.2 Å². The van der Waals surface area contributed by atoms with Crippen molar-refractivity contribution in [2.45, 2.75) is 13.5 Å². The number of ether oxygens (including phenoxy) is 2. The molecule has 4 rings (SSSR count). The van der Waals surface area contributed by atoms with Crippen LogP contribution < -0.4 is 10.3 Å². The molecule has 0 aliphatic carbocycles. The summed E-state index contributed by atoms with van der Waals surface area (Å²) in [5.41, 5.74) is 2.64. The van der Waals surface area contributed by atoms with Gasteiger partial charge in [-0.05, 0) is 35.0 Å². The molecule has 4 aromatic rings. The van der Waals surface area contributed by atoms with Crippen LogP contribution in [0.15, 0.2) is 33.5 Å². The average molecular weight is 447 g/mol. The molecule has 9 heteroatoms. The third-order valence-corrected chi connectivity index (χ3v) is 6.34. The van der Waals surface area contributed by atoms with E-state index in [1.165, 1.54) is 16.0 Å². The molecule has 0 amide bonds. The van der Waals surface area contributed by atoms with Gasteiger partial charge in [0.05, 0.1) is 25.1 Å². The Bertz CT molecular complexity index is 1230. The Kier molecular flexibility index (Phi) is 4.67. The first-order valence-corrected chi connectivity index (χ1v) is 9.66. The Balaban J connectivity index is 2.03. The molecule has 27 heavy (non-hydrogen) atoms. The second-order valence-corrected chi connectivity index (χ2v) is 7.68. The molecule has 0 aliphatic heterocycles. The molecule has 1 aromatic carbocycles. The topological polar surface area (TPSA) is 79.1 Å². The molecule has 0 spiro atoms. The lowest BCUT2D eigenvalue weighted by Crippen LogP contribution is -2.21. The molecular formula is C18H15BrN4O3S. The van der Waals surface area contributed by atoms with Crippen molar-refractivity contribution in [3.63, 3.8) is 0 Å². The number of hydrogen-bond donors (Lipinski definition) is 0. The smallest absolute Gasteiger partial charge is 0.292 e. The Hall–Kier alpha value is -2.36. The van der Waals surface area contributed by atoms with E-state index in [-0.39, 0.29) is 5.56 Å². The van der Waals surface area contributed by atoms with Crippen LogP contribution >= 0.6 is 27.3 Å². The van der Waals surface area contributed by atoms with Gasteiger partial charge in [-0.2, -0.15) is 4.68 Å². The third-order valence-electron chi connectivity index (χ3n) is 4.23. The Morgan fingerprint density at radius 2 is 2.11 bits per heavy atom. The van der Waals surface area contributed by atoms with E-state index in [1.54, 1.807) is 38.5 Å². The van der Waals surface area contributed by atoms with Crippen LogP contribution in [0.5, 0.6) is 5.75 Å². The quantitative estimate of drug-likeness (QED) is 0.476. The first-order chi connectivity index (χ1) is 13.0. The molecule has 0 aliphatic rings. The average Bonchev–Trinajstić information content (AvgIpc) is 3.04. The molecule has 0 unspecified atom stereocenters. The fourth-order valence-corrected chi connectivity index (χ4v) is 4.46. The van der Waals surface area contributed by atoms with Gasteiger partial charge in [0, 0.05) is 28.6 Å². The molecule has 3 aromatic heterocycles. The lowest BCUT2D eigenvalue weighted by atomic mass is 10.1. The SMILES string of the molecule is COCc1c(Br)c(C)nc2sc3c(=O)n(-c4cccc(OC)c4)nnc3c12. The number of halogens is 1. The minimum Gasteiger partial charge on any atom is -0.497 e. The monoisotopic (exact) mass is 446 g/mol. The van der Waals surface area contributed by atoms with Gasteiger partial charge in [0.2, 0.25) is 0 Å². The summed E-state index contributed by atoms with van der Waals surface area (Å²) in [4.78, 5) is 18.4. The van der Waals surface area contributed by atoms with Crippen molar-refractivity contribution in [1.29, 1.82) is 0 Å². The number of methoxy groups -OCH3 is 2. The standard InChI is InChI=1S/C18H15BrN4O3S/c1-9-14(19)12(8-25-2)13-15-16(27-17(13)20-9)18(24)23(22-21-15)10-5-4-6-11(7-10)26-3/h4-7H,8H2,1-3H3.